The van der Waals surface area contributed by atoms with Crippen LogP contribution in [0.1, 0.15) is 29.5 Å². The molecule has 0 aliphatic carbocycles. The molecule has 3 rings (SSSR count). The minimum atomic E-state index is -0.108. The van der Waals surface area contributed by atoms with Gasteiger partial charge in [0.15, 0.2) is 0 Å². The molecule has 1 aliphatic heterocycles. The summed E-state index contributed by atoms with van der Waals surface area (Å²) < 4.78 is 0. The molecule has 0 fully saturated rings. The topological polar surface area (TPSA) is 78.7 Å². The summed E-state index contributed by atoms with van der Waals surface area (Å²) in [6.45, 7) is 3.40. The minimum absolute atomic E-state index is 0.0339. The van der Waals surface area contributed by atoms with E-state index in [1.807, 2.05) is 52.3 Å². The Hall–Kier alpha value is -2.86. The first-order valence-electron chi connectivity index (χ1n) is 10.3. The van der Waals surface area contributed by atoms with Crippen LogP contribution in [0.25, 0.3) is 0 Å². The van der Waals surface area contributed by atoms with Gasteiger partial charge < -0.3 is 20.9 Å². The summed E-state index contributed by atoms with van der Waals surface area (Å²) in [5.74, 6) is 0.0339. The molecule has 0 aromatic heterocycles. The standard InChI is InChI=1S/C23H30N4O2/c24-13-6-15-26(17-19-7-2-1-3-8-19)22(28)11-14-25-23(29)27-16-12-20-9-4-5-10-21(20)18-27/h1-5,7-10H,6,11-18,24H2,(H,25,29). The van der Waals surface area contributed by atoms with E-state index < -0.39 is 0 Å². The van der Waals surface area contributed by atoms with E-state index in [9.17, 15) is 9.59 Å². The molecule has 3 amide bonds. The van der Waals surface area contributed by atoms with Crippen LogP contribution < -0.4 is 11.1 Å². The van der Waals surface area contributed by atoms with Crippen LogP contribution in [0.15, 0.2) is 54.6 Å². The van der Waals surface area contributed by atoms with Crippen LogP contribution >= 0.6 is 0 Å². The van der Waals surface area contributed by atoms with E-state index in [-0.39, 0.29) is 18.4 Å². The molecular formula is C23H30N4O2. The lowest BCUT2D eigenvalue weighted by molar-refractivity contribution is -0.131. The molecule has 29 heavy (non-hydrogen) atoms. The van der Waals surface area contributed by atoms with E-state index in [0.717, 1.165) is 18.4 Å². The first-order chi connectivity index (χ1) is 14.2. The number of benzene rings is 2. The van der Waals surface area contributed by atoms with Gasteiger partial charge in [0.2, 0.25) is 5.91 Å². The maximum atomic E-state index is 12.7. The first-order valence-corrected chi connectivity index (χ1v) is 10.3. The number of nitrogens with two attached hydrogens (primary N) is 1. The first kappa shape index (κ1) is 20.9. The lowest BCUT2D eigenvalue weighted by Crippen LogP contribution is -2.44. The van der Waals surface area contributed by atoms with Gasteiger partial charge in [0.25, 0.3) is 0 Å². The average Bonchev–Trinajstić information content (AvgIpc) is 2.76. The number of carbonyl (C=O) groups is 2. The molecule has 0 saturated heterocycles. The van der Waals surface area contributed by atoms with E-state index in [4.69, 9.17) is 5.73 Å². The Morgan fingerprint density at radius 3 is 2.52 bits per heavy atom. The number of hydrogen-bond acceptors (Lipinski definition) is 3. The van der Waals surface area contributed by atoms with Crippen LogP contribution in [0.3, 0.4) is 0 Å². The number of urea groups is 1. The zero-order valence-corrected chi connectivity index (χ0v) is 16.8. The summed E-state index contributed by atoms with van der Waals surface area (Å²) in [6, 6.07) is 18.0. The molecule has 6 heteroatoms. The van der Waals surface area contributed by atoms with Gasteiger partial charge in [-0.15, -0.1) is 0 Å². The third-order valence-electron chi connectivity index (χ3n) is 5.23. The van der Waals surface area contributed by atoms with Crippen LogP contribution in [-0.4, -0.2) is 47.9 Å². The molecule has 2 aromatic carbocycles. The Morgan fingerprint density at radius 1 is 1.03 bits per heavy atom. The molecule has 0 spiro atoms. The third-order valence-corrected chi connectivity index (χ3v) is 5.23. The van der Waals surface area contributed by atoms with Crippen molar-refractivity contribution in [2.45, 2.75) is 32.4 Å². The van der Waals surface area contributed by atoms with Gasteiger partial charge >= 0.3 is 6.03 Å². The summed E-state index contributed by atoms with van der Waals surface area (Å²) in [4.78, 5) is 28.8. The van der Waals surface area contributed by atoms with Crippen molar-refractivity contribution in [3.05, 3.63) is 71.3 Å². The highest BCUT2D eigenvalue weighted by molar-refractivity contribution is 5.78. The number of fused-ring (bicyclic) bond motifs is 1. The zero-order chi connectivity index (χ0) is 20.5. The van der Waals surface area contributed by atoms with Crippen LogP contribution in [0.2, 0.25) is 0 Å². The lowest BCUT2D eigenvalue weighted by atomic mass is 10.0. The van der Waals surface area contributed by atoms with Crippen molar-refractivity contribution in [3.8, 4) is 0 Å². The van der Waals surface area contributed by atoms with Crippen molar-refractivity contribution in [2.75, 3.05) is 26.2 Å². The lowest BCUT2D eigenvalue weighted by Gasteiger charge is -2.29. The van der Waals surface area contributed by atoms with Gasteiger partial charge in [0, 0.05) is 39.1 Å². The van der Waals surface area contributed by atoms with Gasteiger partial charge in [0.05, 0.1) is 0 Å². The van der Waals surface area contributed by atoms with Crippen LogP contribution in [0, 0.1) is 0 Å². The molecule has 1 heterocycles. The molecule has 154 valence electrons. The fraction of sp³-hybridized carbons (Fsp3) is 0.391. The Morgan fingerprint density at radius 2 is 1.76 bits per heavy atom. The van der Waals surface area contributed by atoms with Crippen LogP contribution in [0.4, 0.5) is 4.79 Å². The van der Waals surface area contributed by atoms with Gasteiger partial charge in [0.1, 0.15) is 0 Å². The van der Waals surface area contributed by atoms with Gasteiger partial charge in [-0.1, -0.05) is 54.6 Å². The van der Waals surface area contributed by atoms with E-state index in [1.54, 1.807) is 0 Å². The second-order valence-corrected chi connectivity index (χ2v) is 7.37. The van der Waals surface area contributed by atoms with Gasteiger partial charge in [-0.3, -0.25) is 4.79 Å². The predicted octanol–water partition coefficient (Wildman–Crippen LogP) is 2.52. The Kier molecular flexibility index (Phi) is 7.64. The number of amides is 3. The van der Waals surface area contributed by atoms with E-state index >= 15 is 0 Å². The highest BCUT2D eigenvalue weighted by Crippen LogP contribution is 2.18. The van der Waals surface area contributed by atoms with Crippen molar-refractivity contribution >= 4 is 11.9 Å². The van der Waals surface area contributed by atoms with Crippen molar-refractivity contribution in [2.24, 2.45) is 5.73 Å². The summed E-state index contributed by atoms with van der Waals surface area (Å²) in [5.41, 5.74) is 9.22. The highest BCUT2D eigenvalue weighted by Gasteiger charge is 2.20. The molecular weight excluding hydrogens is 364 g/mol. The fourth-order valence-corrected chi connectivity index (χ4v) is 3.59. The molecule has 0 radical (unpaired) electrons. The number of hydrogen-bond donors (Lipinski definition) is 2. The van der Waals surface area contributed by atoms with Crippen LogP contribution in [-0.2, 0) is 24.3 Å². The van der Waals surface area contributed by atoms with E-state index in [0.29, 0.717) is 39.3 Å². The van der Waals surface area contributed by atoms with E-state index in [1.165, 1.54) is 11.1 Å². The average molecular weight is 395 g/mol. The molecule has 0 saturated carbocycles. The SMILES string of the molecule is NCCCN(Cc1ccccc1)C(=O)CCNC(=O)N1CCc2ccccc2C1. The molecule has 6 nitrogen and oxygen atoms in total. The second-order valence-electron chi connectivity index (χ2n) is 7.37. The maximum absolute atomic E-state index is 12.7. The van der Waals surface area contributed by atoms with Crippen molar-refractivity contribution < 1.29 is 9.59 Å². The summed E-state index contributed by atoms with van der Waals surface area (Å²) in [6.07, 6.45) is 1.91. The highest BCUT2D eigenvalue weighted by atomic mass is 16.2. The molecule has 1 aliphatic rings. The summed E-state index contributed by atoms with van der Waals surface area (Å²) in [5, 5.41) is 2.90. The fourth-order valence-electron chi connectivity index (χ4n) is 3.59. The predicted molar refractivity (Wildman–Crippen MR) is 114 cm³/mol. The quantitative estimate of drug-likeness (QED) is 0.722. The van der Waals surface area contributed by atoms with Gasteiger partial charge in [-0.2, -0.15) is 0 Å². The van der Waals surface area contributed by atoms with Crippen molar-refractivity contribution in [1.82, 2.24) is 15.1 Å². The molecule has 2 aromatic rings. The van der Waals surface area contributed by atoms with Gasteiger partial charge in [-0.25, -0.2) is 4.79 Å². The van der Waals surface area contributed by atoms with Crippen molar-refractivity contribution in [3.63, 3.8) is 0 Å². The normalized spacial score (nSPS) is 12.9. The zero-order valence-electron chi connectivity index (χ0n) is 16.8. The number of nitrogens with one attached hydrogen (secondary N) is 1. The number of nitrogens with zero attached hydrogens (tertiary/aromatic N) is 2. The molecule has 0 bridgehead atoms. The monoisotopic (exact) mass is 394 g/mol. The minimum Gasteiger partial charge on any atom is -0.338 e. The number of carbonyl (C=O) groups excluding carboxylic acids is 2. The summed E-state index contributed by atoms with van der Waals surface area (Å²) >= 11 is 0. The van der Waals surface area contributed by atoms with E-state index in [2.05, 4.69) is 17.4 Å². The summed E-state index contributed by atoms with van der Waals surface area (Å²) in [7, 11) is 0. The Bertz CT molecular complexity index is 810. The number of rotatable bonds is 8. The van der Waals surface area contributed by atoms with Gasteiger partial charge in [-0.05, 0) is 36.1 Å². The Labute approximate surface area is 172 Å². The third kappa shape index (κ3) is 6.06. The second kappa shape index (κ2) is 10.6. The molecule has 0 unspecified atom stereocenters. The smallest absolute Gasteiger partial charge is 0.317 e. The maximum Gasteiger partial charge on any atom is 0.317 e. The molecule has 0 atom stereocenters. The largest absolute Gasteiger partial charge is 0.338 e. The van der Waals surface area contributed by atoms with Crippen molar-refractivity contribution in [1.29, 1.82) is 0 Å². The Balaban J connectivity index is 1.47. The molecule has 3 N–H and O–H groups in total. The van der Waals surface area contributed by atoms with Crippen LogP contribution in [0.5, 0.6) is 0 Å².